The molecule has 1 aromatic heterocycles. The van der Waals surface area contributed by atoms with E-state index in [1.165, 1.54) is 0 Å². The molecule has 3 nitrogen and oxygen atoms in total. The van der Waals surface area contributed by atoms with E-state index < -0.39 is 0 Å². The third kappa shape index (κ3) is 4.58. The first kappa shape index (κ1) is 20.8. The van der Waals surface area contributed by atoms with Gasteiger partial charge < -0.3 is 0 Å². The highest BCUT2D eigenvalue weighted by atomic mass is 16.1. The molecule has 0 aliphatic heterocycles. The van der Waals surface area contributed by atoms with Crippen molar-refractivity contribution in [1.29, 1.82) is 0 Å². The maximum absolute atomic E-state index is 13.2. The van der Waals surface area contributed by atoms with Crippen molar-refractivity contribution >= 4 is 33.1 Å². The first-order valence-corrected chi connectivity index (χ1v) is 11.1. The second-order valence-electron chi connectivity index (χ2n) is 8.33. The highest BCUT2D eigenvalue weighted by Gasteiger charge is 2.22. The van der Waals surface area contributed by atoms with Gasteiger partial charge in [0.05, 0.1) is 0 Å². The molecule has 0 aliphatic carbocycles. The highest BCUT2D eigenvalue weighted by Crippen LogP contribution is 2.27. The molecule has 0 saturated carbocycles. The van der Waals surface area contributed by atoms with Gasteiger partial charge in [-0.2, -0.15) is 0 Å². The van der Waals surface area contributed by atoms with Crippen molar-refractivity contribution in [2.45, 2.75) is 18.8 Å². The van der Waals surface area contributed by atoms with Gasteiger partial charge in [0.2, 0.25) is 0 Å². The molecule has 0 spiro atoms. The van der Waals surface area contributed by atoms with E-state index in [-0.39, 0.29) is 30.3 Å². The molecule has 0 radical (unpaired) electrons. The maximum atomic E-state index is 13.2. The van der Waals surface area contributed by atoms with E-state index in [4.69, 9.17) is 0 Å². The molecule has 0 saturated heterocycles. The Labute approximate surface area is 192 Å². The first-order chi connectivity index (χ1) is 16.2. The van der Waals surface area contributed by atoms with Crippen molar-refractivity contribution in [3.8, 4) is 0 Å². The number of hydrogen-bond donors (Lipinski definition) is 0. The van der Waals surface area contributed by atoms with Gasteiger partial charge in [-0.3, -0.25) is 14.6 Å². The van der Waals surface area contributed by atoms with Crippen LogP contribution in [0.25, 0.3) is 21.5 Å². The summed E-state index contributed by atoms with van der Waals surface area (Å²) in [4.78, 5) is 30.9. The third-order valence-electron chi connectivity index (χ3n) is 6.11. The number of nitrogens with zero attached hydrogens (tertiary/aromatic N) is 1. The molecular formula is C30H23NO2. The van der Waals surface area contributed by atoms with E-state index in [2.05, 4.69) is 4.98 Å². The summed E-state index contributed by atoms with van der Waals surface area (Å²) >= 11 is 0. The van der Waals surface area contributed by atoms with Crippen LogP contribution in [-0.4, -0.2) is 16.6 Å². The molecule has 3 heteroatoms. The standard InChI is InChI=1S/C30H23NO2/c32-29(25-14-12-21-7-1-3-9-23(21)17-25)19-27(28-11-5-6-16-31-28)20-30(33)26-15-13-22-8-2-4-10-24(22)18-26/h1-18,27H,19-20H2. The lowest BCUT2D eigenvalue weighted by molar-refractivity contribution is 0.0943. The van der Waals surface area contributed by atoms with Gasteiger partial charge in [-0.25, -0.2) is 0 Å². The van der Waals surface area contributed by atoms with Gasteiger partial charge in [-0.15, -0.1) is 0 Å². The monoisotopic (exact) mass is 429 g/mol. The van der Waals surface area contributed by atoms with Gasteiger partial charge in [0.15, 0.2) is 11.6 Å². The van der Waals surface area contributed by atoms with Crippen LogP contribution < -0.4 is 0 Å². The minimum atomic E-state index is -0.288. The second kappa shape index (κ2) is 9.17. The van der Waals surface area contributed by atoms with Crippen molar-refractivity contribution < 1.29 is 9.59 Å². The van der Waals surface area contributed by atoms with Gasteiger partial charge in [-0.05, 0) is 45.8 Å². The van der Waals surface area contributed by atoms with E-state index >= 15 is 0 Å². The Bertz CT molecular complexity index is 1360. The summed E-state index contributed by atoms with van der Waals surface area (Å²) in [5.41, 5.74) is 2.08. The van der Waals surface area contributed by atoms with Crippen molar-refractivity contribution in [1.82, 2.24) is 4.98 Å². The third-order valence-corrected chi connectivity index (χ3v) is 6.11. The molecule has 0 bridgehead atoms. The maximum Gasteiger partial charge on any atom is 0.163 e. The summed E-state index contributed by atoms with van der Waals surface area (Å²) in [7, 11) is 0. The minimum absolute atomic E-state index is 0.0164. The Balaban J connectivity index is 1.41. The summed E-state index contributed by atoms with van der Waals surface area (Å²) in [5.74, 6) is -0.255. The van der Waals surface area contributed by atoms with E-state index in [9.17, 15) is 9.59 Å². The summed E-state index contributed by atoms with van der Waals surface area (Å²) in [6.45, 7) is 0. The average Bonchev–Trinajstić information content (AvgIpc) is 2.88. The van der Waals surface area contributed by atoms with Gasteiger partial charge in [-0.1, -0.05) is 78.9 Å². The molecule has 5 aromatic rings. The number of Topliss-reactive ketones (excluding diaryl/α,β-unsaturated/α-hetero) is 2. The number of carbonyl (C=O) groups excluding carboxylic acids is 2. The van der Waals surface area contributed by atoms with E-state index in [1.54, 1.807) is 6.20 Å². The number of carbonyl (C=O) groups is 2. The van der Waals surface area contributed by atoms with E-state index in [0.29, 0.717) is 11.1 Å². The molecule has 0 unspecified atom stereocenters. The van der Waals surface area contributed by atoms with Gasteiger partial charge in [0.1, 0.15) is 0 Å². The summed E-state index contributed by atoms with van der Waals surface area (Å²) < 4.78 is 0. The molecule has 160 valence electrons. The molecule has 0 N–H and O–H groups in total. The quantitative estimate of drug-likeness (QED) is 0.261. The van der Waals surface area contributed by atoms with Gasteiger partial charge >= 0.3 is 0 Å². The number of rotatable bonds is 7. The fourth-order valence-electron chi connectivity index (χ4n) is 4.31. The predicted octanol–water partition coefficient (Wildman–Crippen LogP) is 7.02. The van der Waals surface area contributed by atoms with Crippen molar-refractivity contribution in [3.63, 3.8) is 0 Å². The number of hydrogen-bond acceptors (Lipinski definition) is 3. The van der Waals surface area contributed by atoms with Crippen LogP contribution in [0.1, 0.15) is 45.2 Å². The van der Waals surface area contributed by atoms with Crippen molar-refractivity contribution in [2.24, 2.45) is 0 Å². The Kier molecular flexibility index (Phi) is 5.77. The number of ketones is 2. The Morgan fingerprint density at radius 1 is 0.576 bits per heavy atom. The molecular weight excluding hydrogens is 406 g/mol. The lowest BCUT2D eigenvalue weighted by atomic mass is 9.88. The van der Waals surface area contributed by atoms with Crippen LogP contribution >= 0.6 is 0 Å². The first-order valence-electron chi connectivity index (χ1n) is 11.1. The molecule has 4 aromatic carbocycles. The van der Waals surface area contributed by atoms with Crippen LogP contribution in [0.4, 0.5) is 0 Å². The highest BCUT2D eigenvalue weighted by molar-refractivity contribution is 6.02. The van der Waals surface area contributed by atoms with E-state index in [1.807, 2.05) is 103 Å². The largest absolute Gasteiger partial charge is 0.294 e. The normalized spacial score (nSPS) is 11.2. The molecule has 0 fully saturated rings. The second-order valence-corrected chi connectivity index (χ2v) is 8.33. The molecule has 0 amide bonds. The van der Waals surface area contributed by atoms with Crippen LogP contribution in [0.3, 0.4) is 0 Å². The number of pyridine rings is 1. The van der Waals surface area contributed by atoms with Crippen LogP contribution in [-0.2, 0) is 0 Å². The Morgan fingerprint density at radius 2 is 1.06 bits per heavy atom. The molecule has 0 atom stereocenters. The van der Waals surface area contributed by atoms with Crippen LogP contribution in [0.2, 0.25) is 0 Å². The fourth-order valence-corrected chi connectivity index (χ4v) is 4.31. The molecule has 1 heterocycles. The smallest absolute Gasteiger partial charge is 0.163 e. The summed E-state index contributed by atoms with van der Waals surface area (Å²) in [5, 5.41) is 4.26. The summed E-state index contributed by atoms with van der Waals surface area (Å²) in [6.07, 6.45) is 2.17. The fraction of sp³-hybridized carbons (Fsp3) is 0.100. The molecule has 5 rings (SSSR count). The van der Waals surface area contributed by atoms with Crippen molar-refractivity contribution in [3.05, 3.63) is 126 Å². The number of benzene rings is 4. The van der Waals surface area contributed by atoms with Gasteiger partial charge in [0, 0.05) is 41.8 Å². The van der Waals surface area contributed by atoms with Gasteiger partial charge in [0.25, 0.3) is 0 Å². The van der Waals surface area contributed by atoms with Crippen LogP contribution in [0.15, 0.2) is 109 Å². The summed E-state index contributed by atoms with van der Waals surface area (Å²) in [6, 6.07) is 33.1. The number of aromatic nitrogens is 1. The minimum Gasteiger partial charge on any atom is -0.294 e. The predicted molar refractivity (Wildman–Crippen MR) is 133 cm³/mol. The van der Waals surface area contributed by atoms with Crippen LogP contribution in [0, 0.1) is 0 Å². The topological polar surface area (TPSA) is 47.0 Å². The van der Waals surface area contributed by atoms with E-state index in [0.717, 1.165) is 27.2 Å². The molecule has 0 aliphatic rings. The lowest BCUT2D eigenvalue weighted by Gasteiger charge is -2.16. The average molecular weight is 430 g/mol. The molecule has 33 heavy (non-hydrogen) atoms. The SMILES string of the molecule is O=C(CC(CC(=O)c1ccc2ccccc2c1)c1ccccn1)c1ccc2ccccc2c1. The Morgan fingerprint density at radius 3 is 1.55 bits per heavy atom. The zero-order valence-corrected chi connectivity index (χ0v) is 18.1. The zero-order chi connectivity index (χ0) is 22.6. The zero-order valence-electron chi connectivity index (χ0n) is 18.1. The lowest BCUT2D eigenvalue weighted by Crippen LogP contribution is -2.14. The van der Waals surface area contributed by atoms with Crippen LogP contribution in [0.5, 0.6) is 0 Å². The van der Waals surface area contributed by atoms with Crippen molar-refractivity contribution in [2.75, 3.05) is 0 Å². The number of fused-ring (bicyclic) bond motifs is 2. The Hall–Kier alpha value is -4.11.